The first kappa shape index (κ1) is 27.6. The van der Waals surface area contributed by atoms with Crippen LogP contribution in [-0.4, -0.2) is 11.9 Å². The molecular weight excluding hydrogens is 372 g/mol. The molecule has 0 atom stereocenters. The summed E-state index contributed by atoms with van der Waals surface area (Å²) >= 11 is 0. The number of unbranched alkanes of at least 4 members (excludes halogenated alkanes) is 2. The molecule has 0 aliphatic heterocycles. The summed E-state index contributed by atoms with van der Waals surface area (Å²) in [5, 5.41) is 0. The molecule has 0 aliphatic carbocycles. The Hall–Kier alpha value is -2.42. The van der Waals surface area contributed by atoms with Crippen LogP contribution >= 0.6 is 0 Å². The molecule has 166 valence electrons. The summed E-state index contributed by atoms with van der Waals surface area (Å²) < 4.78 is 4.81. The fraction of sp³-hybridized carbons (Fsp3) is 0.481. The molecule has 0 aromatic carbocycles. The highest BCUT2D eigenvalue weighted by atomic mass is 16.6. The maximum atomic E-state index is 11.8. The van der Waals surface area contributed by atoms with E-state index in [0.717, 1.165) is 56.9 Å². The van der Waals surface area contributed by atoms with Crippen molar-refractivity contribution in [1.82, 2.24) is 0 Å². The lowest BCUT2D eigenvalue weighted by molar-refractivity contribution is -0.152. The number of esters is 2. The quantitative estimate of drug-likeness (QED) is 0.0964. The van der Waals surface area contributed by atoms with E-state index in [4.69, 9.17) is 4.74 Å². The molecule has 0 unspecified atom stereocenters. The van der Waals surface area contributed by atoms with Gasteiger partial charge < -0.3 is 4.74 Å². The zero-order valence-electron chi connectivity index (χ0n) is 19.6. The van der Waals surface area contributed by atoms with E-state index >= 15 is 0 Å². The standard InChI is InChI=1S/C27H40O3/c1-6-7-8-9-10-11-12-13-14-21-26(28)30-27(29)22-25(5)20-16-19-24(4)18-15-17-23(2)3/h6-7,10-11,14,17,19,21-22H,8-9,12-13,15-16,18,20H2,1-5H3. The molecule has 0 fully saturated rings. The van der Waals surface area contributed by atoms with Gasteiger partial charge in [0.25, 0.3) is 0 Å². The lowest BCUT2D eigenvalue weighted by atomic mass is 10.1. The minimum atomic E-state index is -0.615. The maximum absolute atomic E-state index is 11.8. The average Bonchev–Trinajstić information content (AvgIpc) is 2.66. The van der Waals surface area contributed by atoms with Crippen LogP contribution in [0.2, 0.25) is 0 Å². The molecule has 0 radical (unpaired) electrons. The molecule has 0 bridgehead atoms. The molecule has 0 aromatic heterocycles. The third kappa shape index (κ3) is 18.9. The van der Waals surface area contributed by atoms with Crippen molar-refractivity contribution in [1.29, 1.82) is 0 Å². The number of rotatable bonds is 14. The van der Waals surface area contributed by atoms with Gasteiger partial charge in [-0.1, -0.05) is 59.3 Å². The zero-order valence-corrected chi connectivity index (χ0v) is 19.6. The highest BCUT2D eigenvalue weighted by molar-refractivity contribution is 5.96. The first-order chi connectivity index (χ1) is 14.3. The van der Waals surface area contributed by atoms with Gasteiger partial charge in [0.15, 0.2) is 0 Å². The first-order valence-corrected chi connectivity index (χ1v) is 11.0. The summed E-state index contributed by atoms with van der Waals surface area (Å²) in [5.41, 5.74) is 3.61. The second-order valence-electron chi connectivity index (χ2n) is 7.74. The Labute approximate surface area is 184 Å². The highest BCUT2D eigenvalue weighted by Crippen LogP contribution is 2.11. The Balaban J connectivity index is 4.11. The van der Waals surface area contributed by atoms with E-state index in [9.17, 15) is 9.59 Å². The van der Waals surface area contributed by atoms with Gasteiger partial charge in [0.2, 0.25) is 0 Å². The molecule has 0 heterocycles. The minimum Gasteiger partial charge on any atom is -0.387 e. The summed E-state index contributed by atoms with van der Waals surface area (Å²) in [6.45, 7) is 10.3. The van der Waals surface area contributed by atoms with Gasteiger partial charge in [0.05, 0.1) is 0 Å². The Bertz CT molecular complexity index is 681. The van der Waals surface area contributed by atoms with Crippen molar-refractivity contribution in [3.63, 3.8) is 0 Å². The van der Waals surface area contributed by atoms with E-state index in [1.54, 1.807) is 6.08 Å². The van der Waals surface area contributed by atoms with E-state index in [0.29, 0.717) is 0 Å². The summed E-state index contributed by atoms with van der Waals surface area (Å²) in [7, 11) is 0. The largest absolute Gasteiger partial charge is 0.387 e. The van der Waals surface area contributed by atoms with Gasteiger partial charge >= 0.3 is 11.9 Å². The zero-order chi connectivity index (χ0) is 22.6. The lowest BCUT2D eigenvalue weighted by Gasteiger charge is -2.01. The van der Waals surface area contributed by atoms with Crippen LogP contribution in [-0.2, 0) is 14.3 Å². The van der Waals surface area contributed by atoms with Crippen molar-refractivity contribution in [2.75, 3.05) is 0 Å². The van der Waals surface area contributed by atoms with Crippen LogP contribution in [0.15, 0.2) is 71.4 Å². The van der Waals surface area contributed by atoms with Crippen molar-refractivity contribution in [2.45, 2.75) is 86.0 Å². The number of ether oxygens (including phenoxy) is 1. The second-order valence-corrected chi connectivity index (χ2v) is 7.74. The fourth-order valence-corrected chi connectivity index (χ4v) is 2.64. The molecule has 0 spiro atoms. The summed E-state index contributed by atoms with van der Waals surface area (Å²) in [6, 6.07) is 0. The van der Waals surface area contributed by atoms with Crippen molar-refractivity contribution in [2.24, 2.45) is 0 Å². The Morgan fingerprint density at radius 2 is 1.23 bits per heavy atom. The van der Waals surface area contributed by atoms with Crippen LogP contribution in [0.1, 0.15) is 86.0 Å². The van der Waals surface area contributed by atoms with Crippen molar-refractivity contribution in [3.8, 4) is 0 Å². The lowest BCUT2D eigenvalue weighted by Crippen LogP contribution is -2.07. The van der Waals surface area contributed by atoms with E-state index in [-0.39, 0.29) is 0 Å². The number of allylic oxidation sites excluding steroid dienone is 10. The van der Waals surface area contributed by atoms with E-state index in [1.807, 2.05) is 19.9 Å². The molecule has 0 rings (SSSR count). The molecule has 0 saturated heterocycles. The SMILES string of the molecule is CC=CCCC=CCCC=CC(=O)OC(=O)C=C(C)CCC=C(C)CCC=C(C)C. The molecule has 0 aromatic rings. The van der Waals surface area contributed by atoms with Crippen molar-refractivity contribution < 1.29 is 14.3 Å². The van der Waals surface area contributed by atoms with Gasteiger partial charge in [-0.25, -0.2) is 9.59 Å². The van der Waals surface area contributed by atoms with E-state index in [2.05, 4.69) is 51.2 Å². The van der Waals surface area contributed by atoms with E-state index in [1.165, 1.54) is 23.3 Å². The van der Waals surface area contributed by atoms with Gasteiger partial charge in [-0.15, -0.1) is 0 Å². The smallest absolute Gasteiger partial charge is 0.338 e. The fourth-order valence-electron chi connectivity index (χ4n) is 2.64. The number of hydrogen-bond donors (Lipinski definition) is 0. The molecular formula is C27H40O3. The molecule has 0 aliphatic rings. The van der Waals surface area contributed by atoms with Crippen LogP contribution < -0.4 is 0 Å². The van der Waals surface area contributed by atoms with Gasteiger partial charge in [-0.05, 0) is 86.0 Å². The number of hydrogen-bond acceptors (Lipinski definition) is 3. The maximum Gasteiger partial charge on any atom is 0.338 e. The summed E-state index contributed by atoms with van der Waals surface area (Å²) in [4.78, 5) is 23.5. The molecule has 0 saturated carbocycles. The summed E-state index contributed by atoms with van der Waals surface area (Å²) in [6.07, 6.45) is 24.8. The highest BCUT2D eigenvalue weighted by Gasteiger charge is 2.04. The molecule has 0 N–H and O–H groups in total. The number of carbonyl (C=O) groups is 2. The van der Waals surface area contributed by atoms with Gasteiger partial charge in [-0.3, -0.25) is 0 Å². The van der Waals surface area contributed by atoms with Crippen LogP contribution in [0.5, 0.6) is 0 Å². The Kier molecular flexibility index (Phi) is 17.1. The minimum absolute atomic E-state index is 0.602. The van der Waals surface area contributed by atoms with Crippen molar-refractivity contribution >= 4 is 11.9 Å². The predicted octanol–water partition coefficient (Wildman–Crippen LogP) is 7.72. The van der Waals surface area contributed by atoms with Crippen LogP contribution in [0.4, 0.5) is 0 Å². The molecule has 30 heavy (non-hydrogen) atoms. The van der Waals surface area contributed by atoms with Gasteiger partial charge in [0, 0.05) is 12.2 Å². The molecule has 3 nitrogen and oxygen atoms in total. The Morgan fingerprint density at radius 1 is 0.667 bits per heavy atom. The second kappa shape index (κ2) is 18.6. The predicted molar refractivity (Wildman–Crippen MR) is 128 cm³/mol. The average molecular weight is 413 g/mol. The van der Waals surface area contributed by atoms with E-state index < -0.39 is 11.9 Å². The van der Waals surface area contributed by atoms with Gasteiger partial charge in [0.1, 0.15) is 0 Å². The molecule has 0 amide bonds. The van der Waals surface area contributed by atoms with Crippen molar-refractivity contribution in [3.05, 3.63) is 71.4 Å². The number of carbonyl (C=O) groups excluding carboxylic acids is 2. The van der Waals surface area contributed by atoms with Crippen LogP contribution in [0.25, 0.3) is 0 Å². The Morgan fingerprint density at radius 3 is 1.87 bits per heavy atom. The third-order valence-corrected chi connectivity index (χ3v) is 4.34. The van der Waals surface area contributed by atoms with Crippen LogP contribution in [0, 0.1) is 0 Å². The van der Waals surface area contributed by atoms with Gasteiger partial charge in [-0.2, -0.15) is 0 Å². The normalized spacial score (nSPS) is 12.8. The molecule has 3 heteroatoms. The monoisotopic (exact) mass is 412 g/mol. The van der Waals surface area contributed by atoms with Crippen LogP contribution in [0.3, 0.4) is 0 Å². The first-order valence-electron chi connectivity index (χ1n) is 11.0. The summed E-state index contributed by atoms with van der Waals surface area (Å²) in [5.74, 6) is -1.22. The topological polar surface area (TPSA) is 43.4 Å². The third-order valence-electron chi connectivity index (χ3n) is 4.34.